The van der Waals surface area contributed by atoms with Crippen LogP contribution in [0.2, 0.25) is 0 Å². The topological polar surface area (TPSA) is 29.1 Å². The summed E-state index contributed by atoms with van der Waals surface area (Å²) >= 11 is 3.46. The smallest absolute Gasteiger partial charge is 0.220 e. The number of carbonyl (C=O) groups is 1. The lowest BCUT2D eigenvalue weighted by molar-refractivity contribution is -0.121. The molecule has 1 aromatic rings. The van der Waals surface area contributed by atoms with E-state index in [9.17, 15) is 4.79 Å². The molecule has 0 atom stereocenters. The monoisotopic (exact) mass is 295 g/mol. The minimum atomic E-state index is 0.177. The van der Waals surface area contributed by atoms with Gasteiger partial charge in [0.15, 0.2) is 0 Å². The Balaban J connectivity index is 1.79. The number of amides is 1. The number of aryl methyl sites for hydroxylation is 2. The molecule has 1 aromatic carbocycles. The van der Waals surface area contributed by atoms with Crippen molar-refractivity contribution in [3.63, 3.8) is 0 Å². The molecule has 0 unspecified atom stereocenters. The van der Waals surface area contributed by atoms with E-state index in [0.29, 0.717) is 6.42 Å². The summed E-state index contributed by atoms with van der Waals surface area (Å²) in [6, 6.07) is 6.22. The highest BCUT2D eigenvalue weighted by Gasteiger charge is 2.21. The average molecular weight is 296 g/mol. The lowest BCUT2D eigenvalue weighted by Crippen LogP contribution is -2.25. The summed E-state index contributed by atoms with van der Waals surface area (Å²) in [6.07, 6.45) is 3.97. The predicted molar refractivity (Wildman–Crippen MR) is 72.9 cm³/mol. The number of carbonyl (C=O) groups excluding carboxylic acids is 1. The van der Waals surface area contributed by atoms with Crippen LogP contribution in [-0.4, -0.2) is 12.5 Å². The quantitative estimate of drug-likeness (QED) is 0.888. The van der Waals surface area contributed by atoms with Crippen molar-refractivity contribution in [3.8, 4) is 0 Å². The zero-order valence-corrected chi connectivity index (χ0v) is 11.7. The number of rotatable bonds is 5. The molecule has 2 nitrogen and oxygen atoms in total. The molecule has 0 bridgehead atoms. The van der Waals surface area contributed by atoms with Crippen LogP contribution in [0.1, 0.15) is 30.4 Å². The lowest BCUT2D eigenvalue weighted by atomic mass is 10.0. The standard InChI is InChI=1S/C14H18BrNO/c1-10-2-6-13(15)8-12(10)5-7-14(17)16-9-11-3-4-11/h2,6,8,11H,3-5,7,9H2,1H3,(H,16,17). The normalized spacial score (nSPS) is 14.7. The summed E-state index contributed by atoms with van der Waals surface area (Å²) in [6.45, 7) is 2.96. The third-order valence-corrected chi connectivity index (χ3v) is 3.71. The summed E-state index contributed by atoms with van der Waals surface area (Å²) in [5.41, 5.74) is 2.50. The minimum Gasteiger partial charge on any atom is -0.356 e. The van der Waals surface area contributed by atoms with Gasteiger partial charge < -0.3 is 5.32 Å². The largest absolute Gasteiger partial charge is 0.356 e. The van der Waals surface area contributed by atoms with Crippen LogP contribution in [0.3, 0.4) is 0 Å². The Morgan fingerprint density at radius 3 is 2.94 bits per heavy atom. The van der Waals surface area contributed by atoms with Gasteiger partial charge in [-0.15, -0.1) is 0 Å². The molecule has 0 heterocycles. The van der Waals surface area contributed by atoms with E-state index in [1.165, 1.54) is 24.0 Å². The summed E-state index contributed by atoms with van der Waals surface area (Å²) < 4.78 is 1.08. The van der Waals surface area contributed by atoms with Gasteiger partial charge in [0.2, 0.25) is 5.91 Å². The minimum absolute atomic E-state index is 0.177. The first kappa shape index (κ1) is 12.6. The van der Waals surface area contributed by atoms with E-state index in [2.05, 4.69) is 40.3 Å². The Hall–Kier alpha value is -0.830. The van der Waals surface area contributed by atoms with Gasteiger partial charge in [-0.3, -0.25) is 4.79 Å². The van der Waals surface area contributed by atoms with Crippen LogP contribution in [0.5, 0.6) is 0 Å². The molecule has 1 N–H and O–H groups in total. The predicted octanol–water partition coefficient (Wildman–Crippen LogP) is 3.22. The molecule has 1 fully saturated rings. The highest BCUT2D eigenvalue weighted by molar-refractivity contribution is 9.10. The molecule has 1 aliphatic rings. The van der Waals surface area contributed by atoms with Crippen molar-refractivity contribution in [2.24, 2.45) is 5.92 Å². The van der Waals surface area contributed by atoms with Crippen LogP contribution in [-0.2, 0) is 11.2 Å². The van der Waals surface area contributed by atoms with E-state index >= 15 is 0 Å². The number of hydrogen-bond acceptors (Lipinski definition) is 1. The number of nitrogens with one attached hydrogen (secondary N) is 1. The van der Waals surface area contributed by atoms with Gasteiger partial charge in [-0.25, -0.2) is 0 Å². The Morgan fingerprint density at radius 1 is 1.47 bits per heavy atom. The van der Waals surface area contributed by atoms with Crippen molar-refractivity contribution in [1.82, 2.24) is 5.32 Å². The van der Waals surface area contributed by atoms with E-state index < -0.39 is 0 Å². The van der Waals surface area contributed by atoms with Gasteiger partial charge in [0.25, 0.3) is 0 Å². The van der Waals surface area contributed by atoms with E-state index in [4.69, 9.17) is 0 Å². The van der Waals surface area contributed by atoms with Crippen molar-refractivity contribution in [2.45, 2.75) is 32.6 Å². The van der Waals surface area contributed by atoms with Crippen molar-refractivity contribution in [2.75, 3.05) is 6.54 Å². The second-order valence-corrected chi connectivity index (χ2v) is 5.73. The van der Waals surface area contributed by atoms with Gasteiger partial charge >= 0.3 is 0 Å². The molecule has 0 saturated heterocycles. The van der Waals surface area contributed by atoms with Crippen LogP contribution in [0.25, 0.3) is 0 Å². The summed E-state index contributed by atoms with van der Waals surface area (Å²) in [7, 11) is 0. The van der Waals surface area contributed by atoms with E-state index in [1.807, 2.05) is 6.07 Å². The molecular weight excluding hydrogens is 278 g/mol. The molecule has 17 heavy (non-hydrogen) atoms. The average Bonchev–Trinajstić information content (AvgIpc) is 3.11. The fraction of sp³-hybridized carbons (Fsp3) is 0.500. The lowest BCUT2D eigenvalue weighted by Gasteiger charge is -2.07. The first-order valence-electron chi connectivity index (χ1n) is 6.17. The zero-order valence-electron chi connectivity index (χ0n) is 10.1. The number of hydrogen-bond donors (Lipinski definition) is 1. The van der Waals surface area contributed by atoms with Crippen LogP contribution in [0.15, 0.2) is 22.7 Å². The van der Waals surface area contributed by atoms with Gasteiger partial charge in [-0.1, -0.05) is 22.0 Å². The van der Waals surface area contributed by atoms with Crippen molar-refractivity contribution in [1.29, 1.82) is 0 Å². The van der Waals surface area contributed by atoms with Crippen molar-refractivity contribution >= 4 is 21.8 Å². The highest BCUT2D eigenvalue weighted by atomic mass is 79.9. The van der Waals surface area contributed by atoms with Crippen LogP contribution in [0, 0.1) is 12.8 Å². The van der Waals surface area contributed by atoms with Gasteiger partial charge in [0.05, 0.1) is 0 Å². The maximum absolute atomic E-state index is 11.6. The third kappa shape index (κ3) is 4.15. The van der Waals surface area contributed by atoms with Gasteiger partial charge in [0, 0.05) is 17.4 Å². The van der Waals surface area contributed by atoms with Gasteiger partial charge in [0.1, 0.15) is 0 Å². The Kier molecular flexibility index (Phi) is 4.21. The first-order valence-corrected chi connectivity index (χ1v) is 6.96. The summed E-state index contributed by atoms with van der Waals surface area (Å²) in [4.78, 5) is 11.6. The summed E-state index contributed by atoms with van der Waals surface area (Å²) in [5.74, 6) is 0.933. The molecule has 0 radical (unpaired) electrons. The molecule has 3 heteroatoms. The fourth-order valence-corrected chi connectivity index (χ4v) is 2.23. The fourth-order valence-electron chi connectivity index (χ4n) is 1.83. The highest BCUT2D eigenvalue weighted by Crippen LogP contribution is 2.27. The Labute approximate surface area is 111 Å². The number of benzene rings is 1. The molecule has 2 rings (SSSR count). The SMILES string of the molecule is Cc1ccc(Br)cc1CCC(=O)NCC1CC1. The van der Waals surface area contributed by atoms with E-state index in [0.717, 1.165) is 23.4 Å². The van der Waals surface area contributed by atoms with E-state index in [-0.39, 0.29) is 5.91 Å². The number of halogens is 1. The molecule has 0 aliphatic heterocycles. The van der Waals surface area contributed by atoms with Crippen molar-refractivity contribution in [3.05, 3.63) is 33.8 Å². The zero-order chi connectivity index (χ0) is 12.3. The Bertz CT molecular complexity index is 413. The van der Waals surface area contributed by atoms with Crippen LogP contribution >= 0.6 is 15.9 Å². The molecule has 1 saturated carbocycles. The second-order valence-electron chi connectivity index (χ2n) is 4.82. The summed E-state index contributed by atoms with van der Waals surface area (Å²) in [5, 5.41) is 3.00. The molecule has 0 aromatic heterocycles. The van der Waals surface area contributed by atoms with Crippen molar-refractivity contribution < 1.29 is 4.79 Å². The van der Waals surface area contributed by atoms with E-state index in [1.54, 1.807) is 0 Å². The molecule has 1 amide bonds. The second kappa shape index (κ2) is 5.67. The Morgan fingerprint density at radius 2 is 2.24 bits per heavy atom. The van der Waals surface area contributed by atoms with Crippen LogP contribution < -0.4 is 5.32 Å². The van der Waals surface area contributed by atoms with Crippen LogP contribution in [0.4, 0.5) is 0 Å². The maximum atomic E-state index is 11.6. The third-order valence-electron chi connectivity index (χ3n) is 3.22. The van der Waals surface area contributed by atoms with Gasteiger partial charge in [-0.2, -0.15) is 0 Å². The first-order chi connectivity index (χ1) is 8.15. The molecule has 0 spiro atoms. The molecular formula is C14H18BrNO. The maximum Gasteiger partial charge on any atom is 0.220 e. The van der Waals surface area contributed by atoms with Gasteiger partial charge in [-0.05, 0) is 55.4 Å². The molecule has 1 aliphatic carbocycles. The molecule has 92 valence electrons.